The number of hydrogen-bond acceptors (Lipinski definition) is 3. The fourth-order valence-corrected chi connectivity index (χ4v) is 1.09. The van der Waals surface area contributed by atoms with Gasteiger partial charge < -0.3 is 10.9 Å². The van der Waals surface area contributed by atoms with Gasteiger partial charge in [0.15, 0.2) is 0 Å². The molecule has 0 saturated carbocycles. The Morgan fingerprint density at radius 1 is 1.55 bits per heavy atom. The van der Waals surface area contributed by atoms with E-state index >= 15 is 0 Å². The number of nitrogens with zero attached hydrogens (tertiary/aromatic N) is 1. The third-order valence-corrected chi connectivity index (χ3v) is 1.70. The Morgan fingerprint density at radius 2 is 2.27 bits per heavy atom. The molecule has 3 nitrogen and oxygen atoms in total. The van der Waals surface area contributed by atoms with Crippen LogP contribution in [0.15, 0.2) is 27.8 Å². The molecule has 0 aliphatic rings. The van der Waals surface area contributed by atoms with E-state index in [9.17, 15) is 5.11 Å². The van der Waals surface area contributed by atoms with E-state index in [2.05, 4.69) is 21.0 Å². The van der Waals surface area contributed by atoms with E-state index in [-0.39, 0.29) is 5.75 Å². The van der Waals surface area contributed by atoms with Gasteiger partial charge in [-0.15, -0.1) is 0 Å². The highest BCUT2D eigenvalue weighted by molar-refractivity contribution is 9.10. The minimum Gasteiger partial charge on any atom is -0.507 e. The molecule has 0 radical (unpaired) electrons. The quantitative estimate of drug-likeness (QED) is 0.423. The standard InChI is InChI=1S/C7H7BrN2O/c8-6-1-2-7(11)5(3-6)4-10-9/h1-4,11H,9H2/b10-4+. The number of hydrazone groups is 1. The maximum Gasteiger partial charge on any atom is 0.124 e. The van der Waals surface area contributed by atoms with Crippen LogP contribution < -0.4 is 5.84 Å². The van der Waals surface area contributed by atoms with E-state index in [1.54, 1.807) is 18.2 Å². The van der Waals surface area contributed by atoms with Gasteiger partial charge in [0.1, 0.15) is 5.75 Å². The fraction of sp³-hybridized carbons (Fsp3) is 0. The molecular formula is C7H7BrN2O. The molecule has 0 bridgehead atoms. The van der Waals surface area contributed by atoms with Crippen LogP contribution in [0.5, 0.6) is 5.75 Å². The van der Waals surface area contributed by atoms with Gasteiger partial charge in [-0.3, -0.25) is 0 Å². The molecule has 0 aliphatic heterocycles. The Balaban J connectivity index is 3.12. The summed E-state index contributed by atoms with van der Waals surface area (Å²) in [7, 11) is 0. The van der Waals surface area contributed by atoms with Gasteiger partial charge in [0.2, 0.25) is 0 Å². The van der Waals surface area contributed by atoms with Crippen LogP contribution in [0.2, 0.25) is 0 Å². The van der Waals surface area contributed by atoms with Crippen molar-refractivity contribution in [2.24, 2.45) is 10.9 Å². The first-order chi connectivity index (χ1) is 5.24. The topological polar surface area (TPSA) is 58.6 Å². The van der Waals surface area contributed by atoms with Gasteiger partial charge in [-0.05, 0) is 18.2 Å². The number of aromatic hydroxyl groups is 1. The summed E-state index contributed by atoms with van der Waals surface area (Å²) in [6.07, 6.45) is 1.39. The second kappa shape index (κ2) is 3.39. The number of phenolic OH excluding ortho intramolecular Hbond substituents is 1. The molecule has 1 rings (SSSR count). The number of benzene rings is 1. The SMILES string of the molecule is N/N=C/c1cc(Br)ccc1O. The summed E-state index contributed by atoms with van der Waals surface area (Å²) in [5.74, 6) is 5.09. The van der Waals surface area contributed by atoms with Gasteiger partial charge in [0.05, 0.1) is 6.21 Å². The molecule has 3 N–H and O–H groups in total. The first-order valence-corrected chi connectivity index (χ1v) is 3.75. The zero-order chi connectivity index (χ0) is 8.27. The van der Waals surface area contributed by atoms with Crippen molar-refractivity contribution in [3.05, 3.63) is 28.2 Å². The number of rotatable bonds is 1. The van der Waals surface area contributed by atoms with Gasteiger partial charge in [-0.1, -0.05) is 15.9 Å². The molecule has 1 aromatic carbocycles. The van der Waals surface area contributed by atoms with Gasteiger partial charge >= 0.3 is 0 Å². The predicted octanol–water partition coefficient (Wildman–Crippen LogP) is 1.45. The zero-order valence-corrected chi connectivity index (χ0v) is 7.25. The third kappa shape index (κ3) is 1.94. The lowest BCUT2D eigenvalue weighted by Crippen LogP contribution is -1.86. The van der Waals surface area contributed by atoms with E-state index in [0.29, 0.717) is 5.56 Å². The molecule has 4 heteroatoms. The highest BCUT2D eigenvalue weighted by Crippen LogP contribution is 2.19. The number of hydrogen-bond donors (Lipinski definition) is 2. The van der Waals surface area contributed by atoms with E-state index in [4.69, 9.17) is 5.84 Å². The molecule has 0 atom stereocenters. The summed E-state index contributed by atoms with van der Waals surface area (Å²) in [4.78, 5) is 0. The first kappa shape index (κ1) is 8.07. The van der Waals surface area contributed by atoms with E-state index < -0.39 is 0 Å². The Labute approximate surface area is 72.7 Å². The van der Waals surface area contributed by atoms with Crippen molar-refractivity contribution in [2.75, 3.05) is 0 Å². The second-order valence-electron chi connectivity index (χ2n) is 1.98. The second-order valence-corrected chi connectivity index (χ2v) is 2.90. The molecule has 0 fully saturated rings. The van der Waals surface area contributed by atoms with Gasteiger partial charge in [-0.2, -0.15) is 5.10 Å². The lowest BCUT2D eigenvalue weighted by atomic mass is 10.2. The van der Waals surface area contributed by atoms with Crippen LogP contribution in [-0.2, 0) is 0 Å². The van der Waals surface area contributed by atoms with Crippen LogP contribution in [-0.4, -0.2) is 11.3 Å². The number of nitrogens with two attached hydrogens (primary N) is 1. The van der Waals surface area contributed by atoms with Crippen LogP contribution in [0.25, 0.3) is 0 Å². The Kier molecular flexibility index (Phi) is 2.48. The number of phenols is 1. The number of halogens is 1. The molecule has 58 valence electrons. The predicted molar refractivity (Wildman–Crippen MR) is 47.6 cm³/mol. The van der Waals surface area contributed by atoms with Crippen LogP contribution in [0.3, 0.4) is 0 Å². The van der Waals surface area contributed by atoms with Crippen molar-refractivity contribution in [1.29, 1.82) is 0 Å². The summed E-state index contributed by atoms with van der Waals surface area (Å²) >= 11 is 3.25. The summed E-state index contributed by atoms with van der Waals surface area (Å²) in [6, 6.07) is 5.04. The van der Waals surface area contributed by atoms with E-state index in [1.165, 1.54) is 6.21 Å². The van der Waals surface area contributed by atoms with Crippen LogP contribution in [0, 0.1) is 0 Å². The third-order valence-electron chi connectivity index (χ3n) is 1.20. The summed E-state index contributed by atoms with van der Waals surface area (Å²) in [5.41, 5.74) is 0.599. The zero-order valence-electron chi connectivity index (χ0n) is 5.66. The largest absolute Gasteiger partial charge is 0.507 e. The maximum absolute atomic E-state index is 9.20. The van der Waals surface area contributed by atoms with Crippen molar-refractivity contribution in [2.45, 2.75) is 0 Å². The van der Waals surface area contributed by atoms with Crippen LogP contribution in [0.1, 0.15) is 5.56 Å². The van der Waals surface area contributed by atoms with Gasteiger partial charge in [-0.25, -0.2) is 0 Å². The van der Waals surface area contributed by atoms with Crippen LogP contribution >= 0.6 is 15.9 Å². The Morgan fingerprint density at radius 3 is 2.91 bits per heavy atom. The van der Waals surface area contributed by atoms with Gasteiger partial charge in [0.25, 0.3) is 0 Å². The fourth-order valence-electron chi connectivity index (χ4n) is 0.709. The molecule has 0 heterocycles. The molecule has 0 amide bonds. The van der Waals surface area contributed by atoms with E-state index in [0.717, 1.165) is 4.47 Å². The highest BCUT2D eigenvalue weighted by Gasteiger charge is 1.97. The first-order valence-electron chi connectivity index (χ1n) is 2.96. The molecular weight excluding hydrogens is 208 g/mol. The maximum atomic E-state index is 9.20. The van der Waals surface area contributed by atoms with E-state index in [1.807, 2.05) is 0 Å². The highest BCUT2D eigenvalue weighted by atomic mass is 79.9. The van der Waals surface area contributed by atoms with Crippen molar-refractivity contribution in [3.8, 4) is 5.75 Å². The van der Waals surface area contributed by atoms with Gasteiger partial charge in [0, 0.05) is 10.0 Å². The minimum atomic E-state index is 0.169. The van der Waals surface area contributed by atoms with Crippen molar-refractivity contribution >= 4 is 22.1 Å². The summed E-state index contributed by atoms with van der Waals surface area (Å²) < 4.78 is 0.880. The summed E-state index contributed by atoms with van der Waals surface area (Å²) in [5, 5.41) is 12.5. The van der Waals surface area contributed by atoms with Crippen LogP contribution in [0.4, 0.5) is 0 Å². The Hall–Kier alpha value is -1.03. The average molecular weight is 215 g/mol. The molecule has 1 aromatic rings. The molecule has 0 aromatic heterocycles. The smallest absolute Gasteiger partial charge is 0.124 e. The minimum absolute atomic E-state index is 0.169. The monoisotopic (exact) mass is 214 g/mol. The Bertz CT molecular complexity index is 286. The molecule has 0 aliphatic carbocycles. The molecule has 0 saturated heterocycles. The van der Waals surface area contributed by atoms with Crippen molar-refractivity contribution in [3.63, 3.8) is 0 Å². The van der Waals surface area contributed by atoms with Crippen molar-refractivity contribution in [1.82, 2.24) is 0 Å². The lowest BCUT2D eigenvalue weighted by Gasteiger charge is -1.97. The molecule has 11 heavy (non-hydrogen) atoms. The molecule has 0 unspecified atom stereocenters. The van der Waals surface area contributed by atoms with Crippen molar-refractivity contribution < 1.29 is 5.11 Å². The lowest BCUT2D eigenvalue weighted by molar-refractivity contribution is 0.474. The summed E-state index contributed by atoms with van der Waals surface area (Å²) in [6.45, 7) is 0. The normalized spacial score (nSPS) is 10.6. The average Bonchev–Trinajstić information content (AvgIpc) is 1.98. The molecule has 0 spiro atoms.